The smallest absolute Gasteiger partial charge is 0.0541 e. The van der Waals surface area contributed by atoms with Crippen LogP contribution in [0.15, 0.2) is 158 Å². The van der Waals surface area contributed by atoms with Gasteiger partial charge in [0, 0.05) is 34.3 Å². The molecule has 1 aliphatic carbocycles. The van der Waals surface area contributed by atoms with E-state index in [1.165, 1.54) is 83.1 Å². The van der Waals surface area contributed by atoms with E-state index < -0.39 is 0 Å². The number of nitrogens with zero attached hydrogens (tertiary/aromatic N) is 2. The number of pyridine rings is 1. The molecule has 6 aromatic carbocycles. The molecule has 0 unspecified atom stereocenters. The maximum atomic E-state index is 4.15. The summed E-state index contributed by atoms with van der Waals surface area (Å²) in [6.45, 7) is 4.71. The number of para-hydroxylation sites is 2. The molecule has 0 radical (unpaired) electrons. The zero-order valence-electron chi connectivity index (χ0n) is 25.9. The molecule has 0 atom stereocenters. The fraction of sp³-hybridized carbons (Fsp3) is 0.0682. The van der Waals surface area contributed by atoms with Crippen LogP contribution in [0.25, 0.3) is 72.0 Å². The van der Waals surface area contributed by atoms with Gasteiger partial charge < -0.3 is 4.57 Å². The second-order valence-electron chi connectivity index (χ2n) is 12.9. The summed E-state index contributed by atoms with van der Waals surface area (Å²) in [5, 5.41) is 2.57. The Bertz CT molecular complexity index is 2360. The molecule has 0 spiro atoms. The van der Waals surface area contributed by atoms with Crippen LogP contribution in [-0.2, 0) is 5.41 Å². The first-order chi connectivity index (χ1) is 22.6. The monoisotopic (exact) mass is 588 g/mol. The van der Waals surface area contributed by atoms with E-state index in [2.05, 4.69) is 169 Å². The largest absolute Gasteiger partial charge is 0.309 e. The lowest BCUT2D eigenvalue weighted by Gasteiger charge is -2.22. The molecule has 0 saturated heterocycles. The molecule has 1 aliphatic rings. The Kier molecular flexibility index (Phi) is 5.88. The van der Waals surface area contributed by atoms with Gasteiger partial charge in [-0.2, -0.15) is 0 Å². The number of benzene rings is 6. The van der Waals surface area contributed by atoms with Crippen LogP contribution in [0.3, 0.4) is 0 Å². The Hall–Kier alpha value is -5.73. The van der Waals surface area contributed by atoms with Crippen molar-refractivity contribution in [2.24, 2.45) is 0 Å². The molecule has 0 aliphatic heterocycles. The van der Waals surface area contributed by atoms with Crippen LogP contribution in [-0.4, -0.2) is 9.55 Å². The van der Waals surface area contributed by atoms with Crippen molar-refractivity contribution in [3.63, 3.8) is 0 Å². The third kappa shape index (κ3) is 4.07. The molecule has 0 saturated carbocycles. The van der Waals surface area contributed by atoms with Crippen molar-refractivity contribution < 1.29 is 0 Å². The van der Waals surface area contributed by atoms with Gasteiger partial charge in [-0.05, 0) is 104 Å². The average Bonchev–Trinajstić information content (AvgIpc) is 3.57. The second kappa shape index (κ2) is 10.2. The van der Waals surface area contributed by atoms with E-state index in [-0.39, 0.29) is 5.41 Å². The van der Waals surface area contributed by atoms with Crippen molar-refractivity contribution in [3.05, 3.63) is 169 Å². The van der Waals surface area contributed by atoms with Crippen LogP contribution in [0.4, 0.5) is 0 Å². The van der Waals surface area contributed by atoms with Crippen LogP contribution >= 0.6 is 0 Å². The molecule has 2 aromatic heterocycles. The third-order valence-electron chi connectivity index (χ3n) is 9.95. The summed E-state index contributed by atoms with van der Waals surface area (Å²) in [4.78, 5) is 4.15. The van der Waals surface area contributed by atoms with Crippen LogP contribution in [0.5, 0.6) is 0 Å². The van der Waals surface area contributed by atoms with Crippen molar-refractivity contribution in [1.29, 1.82) is 0 Å². The molecule has 0 N–H and O–H groups in total. The van der Waals surface area contributed by atoms with Gasteiger partial charge in [-0.3, -0.25) is 4.98 Å². The van der Waals surface area contributed by atoms with Crippen molar-refractivity contribution >= 4 is 21.8 Å². The van der Waals surface area contributed by atoms with Crippen LogP contribution in [0.2, 0.25) is 0 Å². The summed E-state index contributed by atoms with van der Waals surface area (Å²) < 4.78 is 2.38. The van der Waals surface area contributed by atoms with Crippen molar-refractivity contribution in [2.75, 3.05) is 0 Å². The zero-order valence-corrected chi connectivity index (χ0v) is 25.9. The highest BCUT2D eigenvalue weighted by atomic mass is 15.0. The minimum Gasteiger partial charge on any atom is -0.309 e. The summed E-state index contributed by atoms with van der Waals surface area (Å²) in [5.41, 5.74) is 16.4. The summed E-state index contributed by atoms with van der Waals surface area (Å²) in [7, 11) is 0. The van der Waals surface area contributed by atoms with Gasteiger partial charge in [0.2, 0.25) is 0 Å². The van der Waals surface area contributed by atoms with Gasteiger partial charge in [-0.25, -0.2) is 0 Å². The van der Waals surface area contributed by atoms with E-state index in [1.807, 2.05) is 12.4 Å². The van der Waals surface area contributed by atoms with Gasteiger partial charge >= 0.3 is 0 Å². The fourth-order valence-corrected chi connectivity index (χ4v) is 7.52. The molecule has 9 rings (SSSR count). The predicted molar refractivity (Wildman–Crippen MR) is 192 cm³/mol. The predicted octanol–water partition coefficient (Wildman–Crippen LogP) is 11.5. The number of aromatic nitrogens is 2. The molecule has 0 amide bonds. The van der Waals surface area contributed by atoms with Gasteiger partial charge in [0.1, 0.15) is 0 Å². The average molecular weight is 589 g/mol. The minimum atomic E-state index is -0.0728. The molecular formula is C44H32N2. The van der Waals surface area contributed by atoms with Crippen LogP contribution in [0.1, 0.15) is 25.0 Å². The lowest BCUT2D eigenvalue weighted by molar-refractivity contribution is 0.660. The zero-order chi connectivity index (χ0) is 30.8. The molecule has 2 heteroatoms. The lowest BCUT2D eigenvalue weighted by atomic mass is 9.81. The normalized spacial score (nSPS) is 13.2. The van der Waals surface area contributed by atoms with Gasteiger partial charge in [-0.1, -0.05) is 111 Å². The quantitative estimate of drug-likeness (QED) is 0.200. The molecule has 8 aromatic rings. The molecule has 0 bridgehead atoms. The number of hydrogen-bond donors (Lipinski definition) is 0. The standard InChI is InChI=1S/C44H32N2/c1-44(2)40-22-18-33(31-15-19-35(20-16-31)46-42-9-5-3-7-37(42)38-8-4-6-10-43(38)46)27-39(40)36-21-17-34(28-41(36)44)30-13-11-29(12-14-30)32-23-25-45-26-24-32/h3-28H,1-2H3. The highest BCUT2D eigenvalue weighted by Gasteiger charge is 2.35. The Morgan fingerprint density at radius 1 is 0.435 bits per heavy atom. The number of hydrogen-bond acceptors (Lipinski definition) is 1. The molecule has 218 valence electrons. The molecule has 2 nitrogen and oxygen atoms in total. The molecule has 0 fully saturated rings. The van der Waals surface area contributed by atoms with Crippen LogP contribution < -0.4 is 0 Å². The third-order valence-corrected chi connectivity index (χ3v) is 9.95. The molecule has 46 heavy (non-hydrogen) atoms. The lowest BCUT2D eigenvalue weighted by Crippen LogP contribution is -2.15. The van der Waals surface area contributed by atoms with Gasteiger partial charge in [-0.15, -0.1) is 0 Å². The Balaban J connectivity index is 1.06. The maximum absolute atomic E-state index is 4.15. The summed E-state index contributed by atoms with van der Waals surface area (Å²) in [5.74, 6) is 0. The summed E-state index contributed by atoms with van der Waals surface area (Å²) in [6.07, 6.45) is 3.69. The first-order valence-electron chi connectivity index (χ1n) is 16.0. The van der Waals surface area contributed by atoms with Crippen molar-refractivity contribution in [3.8, 4) is 50.2 Å². The first-order valence-corrected chi connectivity index (χ1v) is 16.0. The van der Waals surface area contributed by atoms with Crippen molar-refractivity contribution in [1.82, 2.24) is 9.55 Å². The number of fused-ring (bicyclic) bond motifs is 6. The highest BCUT2D eigenvalue weighted by molar-refractivity contribution is 6.09. The Morgan fingerprint density at radius 3 is 1.59 bits per heavy atom. The topological polar surface area (TPSA) is 17.8 Å². The number of rotatable bonds is 4. The maximum Gasteiger partial charge on any atom is 0.0541 e. The van der Waals surface area contributed by atoms with Gasteiger partial charge in [0.25, 0.3) is 0 Å². The SMILES string of the molecule is CC1(C)c2ccc(-c3ccc(-n4c5ccccc5c5ccccc54)cc3)cc2-c2ccc(-c3ccc(-c4ccncc4)cc3)cc21. The second-order valence-corrected chi connectivity index (χ2v) is 12.9. The summed E-state index contributed by atoms with van der Waals surface area (Å²) in [6, 6.07) is 53.4. The van der Waals surface area contributed by atoms with E-state index in [9.17, 15) is 0 Å². The van der Waals surface area contributed by atoms with E-state index in [4.69, 9.17) is 0 Å². The minimum absolute atomic E-state index is 0.0728. The van der Waals surface area contributed by atoms with E-state index in [1.54, 1.807) is 0 Å². The highest BCUT2D eigenvalue weighted by Crippen LogP contribution is 2.50. The molecule has 2 heterocycles. The van der Waals surface area contributed by atoms with Crippen molar-refractivity contribution in [2.45, 2.75) is 19.3 Å². The Morgan fingerprint density at radius 2 is 0.935 bits per heavy atom. The van der Waals surface area contributed by atoms with Crippen LogP contribution in [0, 0.1) is 0 Å². The summed E-state index contributed by atoms with van der Waals surface area (Å²) >= 11 is 0. The van der Waals surface area contributed by atoms with E-state index in [0.29, 0.717) is 0 Å². The Labute approximate surface area is 269 Å². The van der Waals surface area contributed by atoms with E-state index in [0.717, 1.165) is 0 Å². The van der Waals surface area contributed by atoms with E-state index >= 15 is 0 Å². The molecular weight excluding hydrogens is 556 g/mol. The van der Waals surface area contributed by atoms with Gasteiger partial charge in [0.05, 0.1) is 11.0 Å². The fourth-order valence-electron chi connectivity index (χ4n) is 7.52. The van der Waals surface area contributed by atoms with Gasteiger partial charge in [0.15, 0.2) is 0 Å². The first kappa shape index (κ1) is 26.7.